The van der Waals surface area contributed by atoms with Gasteiger partial charge in [0, 0.05) is 89.4 Å². The molecule has 0 saturated carbocycles. The molecule has 0 spiro atoms. The van der Waals surface area contributed by atoms with E-state index in [1.165, 1.54) is 4.90 Å². The number of β-amino-alcohol motifs (C(OH)–C–C–N with tert-alkyl or cyclic N) is 1. The van der Waals surface area contributed by atoms with Gasteiger partial charge in [0.05, 0.1) is 39.2 Å². The lowest BCUT2D eigenvalue weighted by molar-refractivity contribution is -0.144. The molecular weight excluding hydrogens is 968 g/mol. The summed E-state index contributed by atoms with van der Waals surface area (Å²) < 4.78 is 0. The number of piperazine rings is 1. The fraction of sp³-hybridized carbons (Fsp3) is 0.509. The first kappa shape index (κ1) is 53.3. The van der Waals surface area contributed by atoms with Crippen LogP contribution in [0.2, 0.25) is 5.02 Å². The van der Waals surface area contributed by atoms with Crippen LogP contribution in [0.25, 0.3) is 21.5 Å². The Morgan fingerprint density at radius 2 is 1.63 bits per heavy atom. The largest absolute Gasteiger partial charge is 0.391 e. The Bertz CT molecular complexity index is 2710. The molecule has 73 heavy (non-hydrogen) atoms. The van der Waals surface area contributed by atoms with Gasteiger partial charge in [-0.2, -0.15) is 0 Å². The number of carbonyl (C=O) groups excluding carboxylic acids is 5. The number of thiazole rings is 1. The minimum absolute atomic E-state index is 0.0129. The van der Waals surface area contributed by atoms with Gasteiger partial charge in [0.2, 0.25) is 29.5 Å². The minimum atomic E-state index is -1.04. The third-order valence-corrected chi connectivity index (χ3v) is 15.8. The molecule has 390 valence electrons. The Kier molecular flexibility index (Phi) is 17.1. The predicted molar refractivity (Wildman–Crippen MR) is 282 cm³/mol. The van der Waals surface area contributed by atoms with Crippen molar-refractivity contribution in [1.29, 1.82) is 0 Å². The van der Waals surface area contributed by atoms with E-state index in [-0.39, 0.29) is 55.6 Å². The van der Waals surface area contributed by atoms with Gasteiger partial charge in [0.15, 0.2) is 0 Å². The fourth-order valence-electron chi connectivity index (χ4n) is 10.0. The van der Waals surface area contributed by atoms with Gasteiger partial charge < -0.3 is 46.5 Å². The molecule has 3 aliphatic heterocycles. The maximum Gasteiger partial charge on any atom is 0.246 e. The van der Waals surface area contributed by atoms with E-state index in [0.29, 0.717) is 89.4 Å². The molecule has 20 heteroatoms. The Labute approximate surface area is 435 Å². The number of carbonyl (C=O) groups is 5. The number of aryl methyl sites for hydroxylation is 1. The number of H-pyrrole nitrogens is 1. The van der Waals surface area contributed by atoms with Gasteiger partial charge in [0.25, 0.3) is 0 Å². The number of amides is 5. The number of likely N-dealkylation sites (tertiary alicyclic amines) is 1. The van der Waals surface area contributed by atoms with E-state index >= 15 is 0 Å². The maximum atomic E-state index is 14.1. The van der Waals surface area contributed by atoms with Gasteiger partial charge >= 0.3 is 0 Å². The molecule has 5 amide bonds. The van der Waals surface area contributed by atoms with E-state index in [1.807, 2.05) is 98.9 Å². The van der Waals surface area contributed by atoms with Crippen molar-refractivity contribution in [1.82, 2.24) is 50.6 Å². The minimum Gasteiger partial charge on any atom is -0.391 e. The van der Waals surface area contributed by atoms with Crippen LogP contribution in [0.1, 0.15) is 95.0 Å². The number of benzene rings is 2. The van der Waals surface area contributed by atoms with Gasteiger partial charge in [-0.1, -0.05) is 68.8 Å². The van der Waals surface area contributed by atoms with Gasteiger partial charge in [-0.15, -0.1) is 11.3 Å². The number of fused-ring (bicyclic) bond motifs is 1. The second-order valence-electron chi connectivity index (χ2n) is 20.8. The lowest BCUT2D eigenvalue weighted by Gasteiger charge is -2.39. The first-order valence-electron chi connectivity index (χ1n) is 25.4. The molecule has 3 saturated heterocycles. The molecule has 4 atom stereocenters. The van der Waals surface area contributed by atoms with E-state index in [9.17, 15) is 29.1 Å². The number of anilines is 1. The Morgan fingerprint density at radius 1 is 0.918 bits per heavy atom. The molecule has 7 N–H and O–H groups in total. The first-order chi connectivity index (χ1) is 35.0. The molecule has 0 aliphatic carbocycles. The number of nitrogens with zero attached hydrogens (tertiary/aromatic N) is 7. The van der Waals surface area contributed by atoms with Crippen LogP contribution in [0.3, 0.4) is 0 Å². The van der Waals surface area contributed by atoms with Crippen LogP contribution < -0.4 is 26.6 Å². The van der Waals surface area contributed by atoms with Crippen LogP contribution in [-0.4, -0.2) is 145 Å². The highest BCUT2D eigenvalue weighted by molar-refractivity contribution is 7.13. The summed E-state index contributed by atoms with van der Waals surface area (Å²) in [6.45, 7) is 12.1. The summed E-state index contributed by atoms with van der Waals surface area (Å²) in [5, 5.41) is 21.3. The molecule has 18 nitrogen and oxygen atoms in total. The standard InChI is InChI=1S/C53H69ClN12O6S/c1-34-45(73-33-60-34)37-11-9-35(10-12-37)30-57-49(70)42-29-39(67)31-66(42)50(71)46(52(2,3)4)62-43(68)7-5-6-8-44(69)64-27-25-63(26-28-64)22-18-41(36-13-15-38(54)16-14-36)61-51(72)53(55)19-23-65(24-20-53)48-40-17-21-56-47(40)58-32-59-48/h9-17,21,32-33,39,41-42,46,67H,5-8,18-20,22-31,55H2,1-4H3,(H,57,70)(H,61,72)(H,62,68)(H,56,58,59)/t39-,41+,42+,46-/m1/s1. The molecule has 2 aromatic carbocycles. The van der Waals surface area contributed by atoms with Crippen LogP contribution in [0.5, 0.6) is 0 Å². The molecule has 3 aromatic heterocycles. The first-order valence-corrected chi connectivity index (χ1v) is 26.6. The monoisotopic (exact) mass is 1040 g/mol. The molecule has 5 aromatic rings. The number of hydrogen-bond acceptors (Lipinski definition) is 13. The van der Waals surface area contributed by atoms with Crippen molar-refractivity contribution in [2.45, 2.75) is 115 Å². The predicted octanol–water partition coefficient (Wildman–Crippen LogP) is 5.10. The van der Waals surface area contributed by atoms with Crippen LogP contribution in [-0.2, 0) is 30.5 Å². The molecular formula is C53H69ClN12O6S. The number of piperidine rings is 1. The Morgan fingerprint density at radius 3 is 2.32 bits per heavy atom. The quantitative estimate of drug-likeness (QED) is 0.0630. The number of hydrogen-bond donors (Lipinski definition) is 6. The van der Waals surface area contributed by atoms with E-state index in [1.54, 1.807) is 17.7 Å². The van der Waals surface area contributed by atoms with Crippen LogP contribution in [0, 0.1) is 12.3 Å². The smallest absolute Gasteiger partial charge is 0.246 e. The third kappa shape index (κ3) is 13.2. The van der Waals surface area contributed by atoms with Crippen LogP contribution >= 0.6 is 22.9 Å². The maximum absolute atomic E-state index is 14.1. The number of rotatable bonds is 18. The second kappa shape index (κ2) is 23.5. The zero-order chi connectivity index (χ0) is 51.9. The van der Waals surface area contributed by atoms with Gasteiger partial charge in [0.1, 0.15) is 29.9 Å². The molecule has 0 radical (unpaired) electrons. The number of nitrogens with two attached hydrogens (primary N) is 1. The topological polar surface area (TPSA) is 235 Å². The highest BCUT2D eigenvalue weighted by atomic mass is 35.5. The van der Waals surface area contributed by atoms with E-state index in [0.717, 1.165) is 44.1 Å². The number of halogens is 1. The number of aliphatic hydroxyl groups excluding tert-OH is 1. The van der Waals surface area contributed by atoms with Crippen molar-refractivity contribution in [3.63, 3.8) is 0 Å². The second-order valence-corrected chi connectivity index (χ2v) is 22.1. The van der Waals surface area contributed by atoms with Crippen molar-refractivity contribution in [2.24, 2.45) is 11.1 Å². The van der Waals surface area contributed by atoms with Crippen molar-refractivity contribution < 1.29 is 29.1 Å². The van der Waals surface area contributed by atoms with Crippen molar-refractivity contribution >= 4 is 69.3 Å². The van der Waals surface area contributed by atoms with Crippen molar-refractivity contribution in [2.75, 3.05) is 57.3 Å². The highest BCUT2D eigenvalue weighted by Crippen LogP contribution is 2.31. The summed E-state index contributed by atoms with van der Waals surface area (Å²) >= 11 is 7.82. The molecule has 3 aliphatic rings. The van der Waals surface area contributed by atoms with Crippen molar-refractivity contribution in [3.8, 4) is 10.4 Å². The number of nitrogens with one attached hydrogen (secondary N) is 4. The molecule has 3 fully saturated rings. The summed E-state index contributed by atoms with van der Waals surface area (Å²) in [5.74, 6) is -0.431. The number of aromatic amines is 1. The third-order valence-electron chi connectivity index (χ3n) is 14.5. The van der Waals surface area contributed by atoms with Gasteiger partial charge in [-0.05, 0) is 79.3 Å². The SMILES string of the molecule is Cc1ncsc1-c1ccc(CNC(=O)[C@@H]2C[C@@H](O)CN2C(=O)[C@@H](NC(=O)CCCCC(=O)N2CCN(CC[C@H](NC(=O)C3(N)CCN(c4ncnc5[nH]ccc45)CC3)c3ccc(Cl)cc3)CC2)C(C)(C)C)cc1. The average Bonchev–Trinajstić information content (AvgIpc) is 4.15. The zero-order valence-electron chi connectivity index (χ0n) is 42.2. The summed E-state index contributed by atoms with van der Waals surface area (Å²) in [6.07, 6.45) is 5.57. The average molecular weight is 1040 g/mol. The Hall–Kier alpha value is -5.99. The van der Waals surface area contributed by atoms with Crippen molar-refractivity contribution in [3.05, 3.63) is 94.5 Å². The molecule has 0 unspecified atom stereocenters. The van der Waals surface area contributed by atoms with Crippen LogP contribution in [0.15, 0.2) is 72.6 Å². The van der Waals surface area contributed by atoms with E-state index in [4.69, 9.17) is 17.3 Å². The summed E-state index contributed by atoms with van der Waals surface area (Å²) in [5.41, 5.74) is 11.5. The fourth-order valence-corrected chi connectivity index (χ4v) is 11.0. The van der Waals surface area contributed by atoms with E-state index in [2.05, 4.69) is 45.7 Å². The molecule has 6 heterocycles. The van der Waals surface area contributed by atoms with Gasteiger partial charge in [-0.25, -0.2) is 15.0 Å². The summed E-state index contributed by atoms with van der Waals surface area (Å²) in [6, 6.07) is 15.2. The molecule has 0 bridgehead atoms. The Balaban J connectivity index is 0.758. The van der Waals surface area contributed by atoms with E-state index < -0.39 is 35.0 Å². The number of aliphatic hydroxyl groups is 1. The number of aromatic nitrogens is 4. The normalized spacial score (nSPS) is 19.1. The number of unbranched alkanes of at least 4 members (excludes halogenated alkanes) is 1. The van der Waals surface area contributed by atoms with Gasteiger partial charge in [-0.3, -0.25) is 28.9 Å². The zero-order valence-corrected chi connectivity index (χ0v) is 43.8. The van der Waals surface area contributed by atoms with Crippen LogP contribution in [0.4, 0.5) is 5.82 Å². The summed E-state index contributed by atoms with van der Waals surface area (Å²) in [7, 11) is 0. The summed E-state index contributed by atoms with van der Waals surface area (Å²) in [4.78, 5) is 93.4. The lowest BCUT2D eigenvalue weighted by atomic mass is 9.85. The highest BCUT2D eigenvalue weighted by Gasteiger charge is 2.45. The molecule has 8 rings (SSSR count). The lowest BCUT2D eigenvalue weighted by Crippen LogP contribution is -2.60.